The van der Waals surface area contributed by atoms with Gasteiger partial charge in [-0.1, -0.05) is 37.6 Å². The van der Waals surface area contributed by atoms with E-state index in [9.17, 15) is 4.79 Å². The molecule has 2 N–H and O–H groups in total. The monoisotopic (exact) mass is 363 g/mol. The Kier molecular flexibility index (Phi) is 4.45. The number of hydrogen-bond donors (Lipinski definition) is 2. The van der Waals surface area contributed by atoms with E-state index < -0.39 is 0 Å². The maximum absolute atomic E-state index is 12.4. The van der Waals surface area contributed by atoms with Gasteiger partial charge in [0.2, 0.25) is 0 Å². The predicted molar refractivity (Wildman–Crippen MR) is 103 cm³/mol. The van der Waals surface area contributed by atoms with Gasteiger partial charge in [-0.15, -0.1) is 11.3 Å². The Morgan fingerprint density at radius 3 is 2.73 bits per heavy atom. The number of thiazole rings is 1. The van der Waals surface area contributed by atoms with Crippen LogP contribution in [0.25, 0.3) is 22.3 Å². The van der Waals surface area contributed by atoms with Crippen LogP contribution in [0.3, 0.4) is 0 Å². The van der Waals surface area contributed by atoms with Crippen LogP contribution in [-0.4, -0.2) is 26.3 Å². The Morgan fingerprint density at radius 2 is 1.92 bits per heavy atom. The average molecular weight is 363 g/mol. The highest BCUT2D eigenvalue weighted by Gasteiger charge is 2.11. The van der Waals surface area contributed by atoms with Crippen LogP contribution in [0.4, 0.5) is 5.13 Å². The van der Waals surface area contributed by atoms with Gasteiger partial charge in [-0.25, -0.2) is 4.98 Å². The second-order valence-corrected chi connectivity index (χ2v) is 6.82. The van der Waals surface area contributed by atoms with Crippen LogP contribution < -0.4 is 5.32 Å². The van der Waals surface area contributed by atoms with Crippen LogP contribution in [0.2, 0.25) is 0 Å². The largest absolute Gasteiger partial charge is 0.298 e. The zero-order valence-electron chi connectivity index (χ0n) is 14.2. The van der Waals surface area contributed by atoms with Crippen molar-refractivity contribution < 1.29 is 4.79 Å². The third-order valence-electron chi connectivity index (χ3n) is 4.09. The maximum atomic E-state index is 12.4. The number of aromatic nitrogens is 4. The smallest absolute Gasteiger partial charge is 0.257 e. The van der Waals surface area contributed by atoms with Gasteiger partial charge < -0.3 is 0 Å². The zero-order valence-corrected chi connectivity index (χ0v) is 15.0. The van der Waals surface area contributed by atoms with Crippen molar-refractivity contribution in [3.05, 3.63) is 59.0 Å². The second kappa shape index (κ2) is 7.05. The molecule has 0 saturated carbocycles. The maximum Gasteiger partial charge on any atom is 0.257 e. The third kappa shape index (κ3) is 3.34. The molecular formula is C19H17N5OS. The molecule has 0 atom stereocenters. The number of carbonyl (C=O) groups is 1. The molecule has 0 aliphatic heterocycles. The molecule has 2 aromatic carbocycles. The summed E-state index contributed by atoms with van der Waals surface area (Å²) < 4.78 is 0. The summed E-state index contributed by atoms with van der Waals surface area (Å²) in [5.41, 5.74) is 5.13. The molecule has 2 aromatic heterocycles. The van der Waals surface area contributed by atoms with Crippen LogP contribution >= 0.6 is 11.3 Å². The molecule has 0 radical (unpaired) electrons. The van der Waals surface area contributed by atoms with E-state index >= 15 is 0 Å². The standard InChI is InChI=1S/C19H17N5OS/c1-2-3-12-4-6-13(7-5-12)17-11-26-19(20-17)21-18(25)14-8-9-15-16(10-14)23-24-22-15/h4-11H,2-3H2,1H3,(H,20,21,25)(H,22,23,24). The topological polar surface area (TPSA) is 83.6 Å². The van der Waals surface area contributed by atoms with Crippen LogP contribution in [0.15, 0.2) is 47.8 Å². The Morgan fingerprint density at radius 1 is 1.12 bits per heavy atom. The van der Waals surface area contributed by atoms with E-state index in [0.717, 1.165) is 29.6 Å². The number of H-pyrrole nitrogens is 1. The fraction of sp³-hybridized carbons (Fsp3) is 0.158. The first-order chi connectivity index (χ1) is 12.7. The van der Waals surface area contributed by atoms with Gasteiger partial charge in [0.25, 0.3) is 5.91 Å². The fourth-order valence-electron chi connectivity index (χ4n) is 2.75. The van der Waals surface area contributed by atoms with Gasteiger partial charge in [-0.05, 0) is 30.2 Å². The van der Waals surface area contributed by atoms with E-state index in [-0.39, 0.29) is 5.91 Å². The summed E-state index contributed by atoms with van der Waals surface area (Å²) in [7, 11) is 0. The Hall–Kier alpha value is -3.06. The summed E-state index contributed by atoms with van der Waals surface area (Å²) in [4.78, 5) is 17.0. The van der Waals surface area contributed by atoms with E-state index in [0.29, 0.717) is 16.2 Å². The lowest BCUT2D eigenvalue weighted by Gasteiger charge is -2.02. The minimum absolute atomic E-state index is 0.214. The number of aryl methyl sites for hydroxylation is 1. The number of amides is 1. The van der Waals surface area contributed by atoms with Gasteiger partial charge in [0.05, 0.1) is 5.69 Å². The summed E-state index contributed by atoms with van der Waals surface area (Å²) in [5.74, 6) is -0.214. The molecule has 0 spiro atoms. The number of nitrogens with zero attached hydrogens (tertiary/aromatic N) is 3. The van der Waals surface area contributed by atoms with Gasteiger partial charge in [-0.2, -0.15) is 15.4 Å². The molecule has 6 nitrogen and oxygen atoms in total. The lowest BCUT2D eigenvalue weighted by molar-refractivity contribution is 0.102. The summed E-state index contributed by atoms with van der Waals surface area (Å²) >= 11 is 1.41. The van der Waals surface area contributed by atoms with Gasteiger partial charge in [0.1, 0.15) is 11.0 Å². The quantitative estimate of drug-likeness (QED) is 0.554. The molecule has 0 bridgehead atoms. The third-order valence-corrected chi connectivity index (χ3v) is 4.85. The summed E-state index contributed by atoms with van der Waals surface area (Å²) in [6, 6.07) is 13.6. The fourth-order valence-corrected chi connectivity index (χ4v) is 3.46. The molecule has 0 aliphatic carbocycles. The van der Waals surface area contributed by atoms with Crippen molar-refractivity contribution in [3.8, 4) is 11.3 Å². The van der Waals surface area contributed by atoms with Crippen LogP contribution in [-0.2, 0) is 6.42 Å². The molecule has 0 fully saturated rings. The first kappa shape index (κ1) is 16.4. The SMILES string of the molecule is CCCc1ccc(-c2csc(NC(=O)c3ccc4n[nH]nc4c3)n2)cc1. The molecule has 0 aliphatic rings. The van der Waals surface area contributed by atoms with E-state index in [1.54, 1.807) is 18.2 Å². The summed E-state index contributed by atoms with van der Waals surface area (Å²) in [5, 5.41) is 15.9. The summed E-state index contributed by atoms with van der Waals surface area (Å²) in [6.45, 7) is 2.17. The number of nitrogens with one attached hydrogen (secondary N) is 2. The number of hydrogen-bond acceptors (Lipinski definition) is 5. The van der Waals surface area contributed by atoms with Gasteiger partial charge in [0.15, 0.2) is 5.13 Å². The van der Waals surface area contributed by atoms with E-state index in [2.05, 4.69) is 56.9 Å². The zero-order chi connectivity index (χ0) is 17.9. The van der Waals surface area contributed by atoms with Gasteiger partial charge in [-0.3, -0.25) is 10.1 Å². The van der Waals surface area contributed by atoms with Crippen molar-refractivity contribution in [3.63, 3.8) is 0 Å². The van der Waals surface area contributed by atoms with Gasteiger partial charge in [0, 0.05) is 16.5 Å². The number of carbonyl (C=O) groups excluding carboxylic acids is 1. The van der Waals surface area contributed by atoms with Crippen LogP contribution in [0.5, 0.6) is 0 Å². The molecule has 4 aromatic rings. The van der Waals surface area contributed by atoms with Crippen molar-refractivity contribution in [2.45, 2.75) is 19.8 Å². The molecule has 4 rings (SSSR count). The Bertz CT molecular complexity index is 1050. The minimum Gasteiger partial charge on any atom is -0.298 e. The predicted octanol–water partition coefficient (Wildman–Crippen LogP) is 4.29. The van der Waals surface area contributed by atoms with Crippen molar-refractivity contribution in [1.82, 2.24) is 20.4 Å². The molecule has 0 saturated heterocycles. The number of fused-ring (bicyclic) bond motifs is 1. The molecular weight excluding hydrogens is 346 g/mol. The Balaban J connectivity index is 1.49. The van der Waals surface area contributed by atoms with E-state index in [1.807, 2.05) is 5.38 Å². The second-order valence-electron chi connectivity index (χ2n) is 5.97. The number of anilines is 1. The van der Waals surface area contributed by atoms with Crippen molar-refractivity contribution >= 4 is 33.4 Å². The molecule has 1 amide bonds. The number of rotatable bonds is 5. The van der Waals surface area contributed by atoms with Crippen LogP contribution in [0, 0.1) is 0 Å². The normalized spacial score (nSPS) is 11.0. The highest BCUT2D eigenvalue weighted by atomic mass is 32.1. The lowest BCUT2D eigenvalue weighted by atomic mass is 10.1. The number of benzene rings is 2. The van der Waals surface area contributed by atoms with Crippen molar-refractivity contribution in [2.75, 3.05) is 5.32 Å². The molecule has 2 heterocycles. The molecule has 7 heteroatoms. The minimum atomic E-state index is -0.214. The Labute approximate surface area is 154 Å². The van der Waals surface area contributed by atoms with Crippen molar-refractivity contribution in [2.24, 2.45) is 0 Å². The summed E-state index contributed by atoms with van der Waals surface area (Å²) in [6.07, 6.45) is 2.21. The lowest BCUT2D eigenvalue weighted by Crippen LogP contribution is -2.11. The molecule has 130 valence electrons. The van der Waals surface area contributed by atoms with Crippen molar-refractivity contribution in [1.29, 1.82) is 0 Å². The highest BCUT2D eigenvalue weighted by molar-refractivity contribution is 7.14. The van der Waals surface area contributed by atoms with E-state index in [1.165, 1.54) is 16.9 Å². The number of aromatic amines is 1. The average Bonchev–Trinajstić information content (AvgIpc) is 3.31. The first-order valence-electron chi connectivity index (χ1n) is 8.39. The molecule has 0 unspecified atom stereocenters. The van der Waals surface area contributed by atoms with Crippen LogP contribution in [0.1, 0.15) is 29.3 Å². The first-order valence-corrected chi connectivity index (χ1v) is 9.27. The highest BCUT2D eigenvalue weighted by Crippen LogP contribution is 2.26. The van der Waals surface area contributed by atoms with E-state index in [4.69, 9.17) is 0 Å². The van der Waals surface area contributed by atoms with Gasteiger partial charge >= 0.3 is 0 Å². The molecule has 26 heavy (non-hydrogen) atoms.